The Kier molecular flexibility index (Phi) is 17.8. The lowest BCUT2D eigenvalue weighted by Gasteiger charge is -2.06. The molecule has 0 aliphatic carbocycles. The van der Waals surface area contributed by atoms with Gasteiger partial charge in [0.1, 0.15) is 0 Å². The van der Waals surface area contributed by atoms with Crippen LogP contribution in [-0.4, -0.2) is 58.5 Å². The summed E-state index contributed by atoms with van der Waals surface area (Å²) < 4.78 is 15.4. The van der Waals surface area contributed by atoms with Crippen molar-refractivity contribution in [2.45, 2.75) is 44.9 Å². The lowest BCUT2D eigenvalue weighted by atomic mass is 10.1. The Bertz CT molecular complexity index is 361. The molecule has 0 saturated carbocycles. The van der Waals surface area contributed by atoms with Crippen LogP contribution in [0.2, 0.25) is 0 Å². The Balaban J connectivity index is 3.28. The van der Waals surface area contributed by atoms with Crippen molar-refractivity contribution >= 4 is 11.8 Å². The molecule has 25 heavy (non-hydrogen) atoms. The first-order valence-corrected chi connectivity index (χ1v) is 9.04. The number of nitrogens with one attached hydrogen (secondary N) is 1. The molecular formula is C18H34N2O5. The summed E-state index contributed by atoms with van der Waals surface area (Å²) in [6.45, 7) is 3.14. The van der Waals surface area contributed by atoms with Gasteiger partial charge in [-0.2, -0.15) is 0 Å². The smallest absolute Gasteiger partial charge is 0.243 e. The van der Waals surface area contributed by atoms with Gasteiger partial charge in [-0.15, -0.1) is 0 Å². The molecule has 0 aliphatic heterocycles. The Morgan fingerprint density at radius 2 is 1.56 bits per heavy atom. The lowest BCUT2D eigenvalue weighted by molar-refractivity contribution is -0.118. The van der Waals surface area contributed by atoms with Crippen LogP contribution in [0.4, 0.5) is 0 Å². The zero-order valence-corrected chi connectivity index (χ0v) is 15.5. The summed E-state index contributed by atoms with van der Waals surface area (Å²) in [4.78, 5) is 22.1. The largest absolute Gasteiger partial charge is 0.382 e. The maximum Gasteiger partial charge on any atom is 0.243 e. The van der Waals surface area contributed by atoms with E-state index in [1.807, 2.05) is 6.08 Å². The summed E-state index contributed by atoms with van der Waals surface area (Å²) in [5, 5.41) is 2.77. The number of unbranched alkanes of at least 4 members (excludes halogenated alkanes) is 5. The van der Waals surface area contributed by atoms with Crippen LogP contribution >= 0.6 is 0 Å². The van der Waals surface area contributed by atoms with Crippen LogP contribution in [-0.2, 0) is 23.8 Å². The van der Waals surface area contributed by atoms with Gasteiger partial charge in [0.25, 0.3) is 0 Å². The number of hydrogen-bond acceptors (Lipinski definition) is 5. The highest BCUT2D eigenvalue weighted by atomic mass is 16.5. The number of primary amides is 1. The van der Waals surface area contributed by atoms with Gasteiger partial charge in [0.15, 0.2) is 0 Å². The van der Waals surface area contributed by atoms with E-state index in [1.165, 1.54) is 0 Å². The predicted octanol–water partition coefficient (Wildman–Crippen LogP) is 1.55. The van der Waals surface area contributed by atoms with Gasteiger partial charge in [-0.1, -0.05) is 25.3 Å². The summed E-state index contributed by atoms with van der Waals surface area (Å²) in [5.74, 6) is -0.323. The standard InChI is InChI=1S/C18H34N2O5/c1-23-13-14-25-16-15-24-12-11-20-18(22)10-8-6-4-2-3-5-7-9-17(19)21/h8,10H,2-7,9,11-16H2,1H3,(H2,19,21)(H,20,22)/b10-8+. The Labute approximate surface area is 151 Å². The van der Waals surface area contributed by atoms with E-state index >= 15 is 0 Å². The van der Waals surface area contributed by atoms with Gasteiger partial charge in [-0.3, -0.25) is 9.59 Å². The average molecular weight is 358 g/mol. The van der Waals surface area contributed by atoms with Gasteiger partial charge >= 0.3 is 0 Å². The van der Waals surface area contributed by atoms with Crippen LogP contribution in [0.25, 0.3) is 0 Å². The van der Waals surface area contributed by atoms with E-state index in [-0.39, 0.29) is 11.8 Å². The fraction of sp³-hybridized carbons (Fsp3) is 0.778. The molecule has 7 nitrogen and oxygen atoms in total. The van der Waals surface area contributed by atoms with Gasteiger partial charge in [0.05, 0.1) is 33.0 Å². The number of nitrogens with two attached hydrogens (primary N) is 1. The first-order chi connectivity index (χ1) is 12.2. The van der Waals surface area contributed by atoms with Crippen LogP contribution < -0.4 is 11.1 Å². The topological polar surface area (TPSA) is 99.9 Å². The first kappa shape index (κ1) is 23.6. The second kappa shape index (κ2) is 18.9. The molecule has 0 spiro atoms. The number of methoxy groups -OCH3 is 1. The van der Waals surface area contributed by atoms with Crippen molar-refractivity contribution in [2.75, 3.05) is 46.7 Å². The summed E-state index contributed by atoms with van der Waals surface area (Å²) in [7, 11) is 1.63. The van der Waals surface area contributed by atoms with Gasteiger partial charge in [-0.25, -0.2) is 0 Å². The molecule has 0 aromatic rings. The van der Waals surface area contributed by atoms with E-state index in [0.717, 1.165) is 38.5 Å². The molecule has 0 unspecified atom stereocenters. The van der Waals surface area contributed by atoms with Crippen molar-refractivity contribution < 1.29 is 23.8 Å². The third-order valence-electron chi connectivity index (χ3n) is 3.41. The van der Waals surface area contributed by atoms with Crippen molar-refractivity contribution in [3.05, 3.63) is 12.2 Å². The van der Waals surface area contributed by atoms with Gasteiger partial charge in [0.2, 0.25) is 11.8 Å². The molecule has 0 aromatic heterocycles. The molecular weight excluding hydrogens is 324 g/mol. The van der Waals surface area contributed by atoms with E-state index in [0.29, 0.717) is 46.0 Å². The fourth-order valence-corrected chi connectivity index (χ4v) is 2.05. The summed E-state index contributed by atoms with van der Waals surface area (Å²) in [6.07, 6.45) is 9.98. The normalized spacial score (nSPS) is 11.1. The SMILES string of the molecule is COCCOCCOCCNC(=O)/C=C/CCCCCCCC(N)=O. The molecule has 0 fully saturated rings. The molecule has 0 aromatic carbocycles. The van der Waals surface area contributed by atoms with E-state index in [1.54, 1.807) is 13.2 Å². The molecule has 0 saturated heterocycles. The average Bonchev–Trinajstić information content (AvgIpc) is 2.58. The number of rotatable bonds is 18. The third-order valence-corrected chi connectivity index (χ3v) is 3.41. The Morgan fingerprint density at radius 1 is 0.920 bits per heavy atom. The van der Waals surface area contributed by atoms with Crippen molar-refractivity contribution in [1.82, 2.24) is 5.32 Å². The van der Waals surface area contributed by atoms with Crippen molar-refractivity contribution in [1.29, 1.82) is 0 Å². The Morgan fingerprint density at radius 3 is 2.28 bits per heavy atom. The molecule has 7 heteroatoms. The van der Waals surface area contributed by atoms with E-state index in [4.69, 9.17) is 19.9 Å². The van der Waals surface area contributed by atoms with Crippen LogP contribution in [0, 0.1) is 0 Å². The zero-order valence-electron chi connectivity index (χ0n) is 15.5. The van der Waals surface area contributed by atoms with Crippen molar-refractivity contribution in [3.63, 3.8) is 0 Å². The zero-order chi connectivity index (χ0) is 18.6. The molecule has 2 amide bonds. The Hall–Kier alpha value is -1.44. The number of allylic oxidation sites excluding steroid dienone is 1. The summed E-state index contributed by atoms with van der Waals surface area (Å²) in [6, 6.07) is 0. The molecule has 0 bridgehead atoms. The molecule has 3 N–H and O–H groups in total. The second-order valence-corrected chi connectivity index (χ2v) is 5.68. The highest BCUT2D eigenvalue weighted by molar-refractivity contribution is 5.87. The molecule has 146 valence electrons. The highest BCUT2D eigenvalue weighted by Gasteiger charge is 1.96. The molecule has 0 atom stereocenters. The minimum Gasteiger partial charge on any atom is -0.382 e. The molecule has 0 rings (SSSR count). The monoisotopic (exact) mass is 358 g/mol. The second-order valence-electron chi connectivity index (χ2n) is 5.68. The van der Waals surface area contributed by atoms with Gasteiger partial charge in [0, 0.05) is 20.1 Å². The quantitative estimate of drug-likeness (QED) is 0.286. The molecule has 0 radical (unpaired) electrons. The lowest BCUT2D eigenvalue weighted by Crippen LogP contribution is -2.26. The van der Waals surface area contributed by atoms with Crippen LogP contribution in [0.15, 0.2) is 12.2 Å². The maximum atomic E-state index is 11.6. The minimum absolute atomic E-state index is 0.0959. The minimum atomic E-state index is -0.227. The van der Waals surface area contributed by atoms with E-state index in [2.05, 4.69) is 5.32 Å². The number of amides is 2. The van der Waals surface area contributed by atoms with Crippen LogP contribution in [0.5, 0.6) is 0 Å². The number of carbonyl (C=O) groups is 2. The number of hydrogen-bond donors (Lipinski definition) is 2. The maximum absolute atomic E-state index is 11.6. The van der Waals surface area contributed by atoms with Gasteiger partial charge < -0.3 is 25.3 Å². The molecule has 0 aliphatic rings. The first-order valence-electron chi connectivity index (χ1n) is 9.04. The number of ether oxygens (including phenoxy) is 3. The van der Waals surface area contributed by atoms with Crippen LogP contribution in [0.1, 0.15) is 44.9 Å². The molecule has 0 heterocycles. The summed E-state index contributed by atoms with van der Waals surface area (Å²) >= 11 is 0. The third kappa shape index (κ3) is 20.5. The van der Waals surface area contributed by atoms with Gasteiger partial charge in [-0.05, 0) is 25.3 Å². The summed E-state index contributed by atoms with van der Waals surface area (Å²) in [5.41, 5.74) is 5.08. The van der Waals surface area contributed by atoms with Crippen LogP contribution in [0.3, 0.4) is 0 Å². The fourth-order valence-electron chi connectivity index (χ4n) is 2.05. The van der Waals surface area contributed by atoms with E-state index < -0.39 is 0 Å². The van der Waals surface area contributed by atoms with Crippen molar-refractivity contribution in [3.8, 4) is 0 Å². The predicted molar refractivity (Wildman–Crippen MR) is 97.2 cm³/mol. The number of carbonyl (C=O) groups excluding carboxylic acids is 2. The highest BCUT2D eigenvalue weighted by Crippen LogP contribution is 2.07. The van der Waals surface area contributed by atoms with E-state index in [9.17, 15) is 9.59 Å². The van der Waals surface area contributed by atoms with Crippen molar-refractivity contribution in [2.24, 2.45) is 5.73 Å².